The van der Waals surface area contributed by atoms with E-state index < -0.39 is 16.2 Å². The van der Waals surface area contributed by atoms with Gasteiger partial charge in [0.25, 0.3) is 10.1 Å². The Labute approximate surface area is 101 Å². The van der Waals surface area contributed by atoms with Crippen LogP contribution in [0.4, 0.5) is 4.79 Å². The molecule has 2 fully saturated rings. The Bertz CT molecular complexity index is 402. The van der Waals surface area contributed by atoms with Gasteiger partial charge in [0.05, 0.1) is 12.4 Å². The molecule has 1 heterocycles. The Hall–Kier alpha value is -0.820. The first-order valence-corrected chi connectivity index (χ1v) is 7.47. The molecular formula is C10H17NO5S. The van der Waals surface area contributed by atoms with Crippen LogP contribution in [0.15, 0.2) is 0 Å². The first kappa shape index (κ1) is 12.6. The number of likely N-dealkylation sites (tertiary alicyclic amines) is 1. The molecule has 6 nitrogen and oxygen atoms in total. The number of rotatable bonds is 2. The van der Waals surface area contributed by atoms with Crippen molar-refractivity contribution in [2.45, 2.75) is 31.8 Å². The lowest BCUT2D eigenvalue weighted by molar-refractivity contribution is -0.0483. The molecule has 98 valence electrons. The van der Waals surface area contributed by atoms with Gasteiger partial charge in [-0.25, -0.2) is 4.79 Å². The summed E-state index contributed by atoms with van der Waals surface area (Å²) in [4.78, 5) is 12.2. The van der Waals surface area contributed by atoms with Crippen molar-refractivity contribution in [3.05, 3.63) is 0 Å². The summed E-state index contributed by atoms with van der Waals surface area (Å²) < 4.78 is 26.8. The summed E-state index contributed by atoms with van der Waals surface area (Å²) >= 11 is 0. The molecule has 0 bridgehead atoms. The third-order valence-corrected chi connectivity index (χ3v) is 4.35. The molecule has 1 spiro atoms. The zero-order valence-corrected chi connectivity index (χ0v) is 10.6. The van der Waals surface area contributed by atoms with E-state index >= 15 is 0 Å². The van der Waals surface area contributed by atoms with Crippen molar-refractivity contribution < 1.29 is 22.5 Å². The van der Waals surface area contributed by atoms with E-state index in [1.54, 1.807) is 0 Å². The zero-order chi connectivity index (χ0) is 12.7. The van der Waals surface area contributed by atoms with Crippen LogP contribution in [0.2, 0.25) is 0 Å². The fourth-order valence-corrected chi connectivity index (χ4v) is 3.43. The molecule has 1 saturated carbocycles. The van der Waals surface area contributed by atoms with Gasteiger partial charge in [-0.3, -0.25) is 4.18 Å². The molecule has 1 aliphatic carbocycles. The summed E-state index contributed by atoms with van der Waals surface area (Å²) in [6.07, 6.45) is 3.06. The summed E-state index contributed by atoms with van der Waals surface area (Å²) in [7, 11) is -3.37. The fourth-order valence-electron chi connectivity index (χ4n) is 2.80. The first-order valence-electron chi connectivity index (χ1n) is 5.66. The molecule has 0 unspecified atom stereocenters. The fraction of sp³-hybridized carbons (Fsp3) is 0.900. The molecule has 7 heteroatoms. The van der Waals surface area contributed by atoms with Gasteiger partial charge in [0.1, 0.15) is 0 Å². The smallest absolute Gasteiger partial charge is 0.407 e. The highest BCUT2D eigenvalue weighted by Crippen LogP contribution is 2.50. The largest absolute Gasteiger partial charge is 0.465 e. The van der Waals surface area contributed by atoms with Gasteiger partial charge in [-0.2, -0.15) is 8.42 Å². The predicted octanol–water partition coefficient (Wildman–Crippen LogP) is 0.885. The number of amides is 1. The van der Waals surface area contributed by atoms with Crippen molar-refractivity contribution in [3.63, 3.8) is 0 Å². The van der Waals surface area contributed by atoms with Crippen LogP contribution in [-0.2, 0) is 14.3 Å². The van der Waals surface area contributed by atoms with Gasteiger partial charge >= 0.3 is 6.09 Å². The lowest BCUT2D eigenvalue weighted by atomic mass is 9.61. The molecule has 0 aromatic rings. The number of hydrogen-bond acceptors (Lipinski definition) is 4. The molecule has 1 amide bonds. The SMILES string of the molecule is CS(=O)(=O)OC1CC2(CCN(C(=O)O)CC2)C1. The number of nitrogens with zero attached hydrogens (tertiary/aromatic N) is 1. The Morgan fingerprint density at radius 3 is 2.29 bits per heavy atom. The van der Waals surface area contributed by atoms with Crippen molar-refractivity contribution in [1.29, 1.82) is 0 Å². The maximum atomic E-state index is 10.9. The molecule has 0 radical (unpaired) electrons. The lowest BCUT2D eigenvalue weighted by Crippen LogP contribution is -2.51. The van der Waals surface area contributed by atoms with E-state index in [9.17, 15) is 13.2 Å². The number of carbonyl (C=O) groups is 1. The third kappa shape index (κ3) is 2.90. The normalized spacial score (nSPS) is 24.6. The molecule has 2 rings (SSSR count). The Balaban J connectivity index is 1.82. The zero-order valence-electron chi connectivity index (χ0n) is 9.76. The van der Waals surface area contributed by atoms with Crippen LogP contribution < -0.4 is 0 Å². The van der Waals surface area contributed by atoms with Crippen molar-refractivity contribution >= 4 is 16.2 Å². The maximum Gasteiger partial charge on any atom is 0.407 e. The second-order valence-corrected chi connectivity index (χ2v) is 6.70. The minimum atomic E-state index is -3.37. The minimum absolute atomic E-state index is 0.112. The molecular weight excluding hydrogens is 246 g/mol. The van der Waals surface area contributed by atoms with E-state index in [2.05, 4.69) is 0 Å². The van der Waals surface area contributed by atoms with Crippen LogP contribution in [0.3, 0.4) is 0 Å². The summed E-state index contributed by atoms with van der Waals surface area (Å²) in [5.74, 6) is 0. The van der Waals surface area contributed by atoms with Gasteiger partial charge < -0.3 is 10.0 Å². The topological polar surface area (TPSA) is 83.9 Å². The second kappa shape index (κ2) is 4.13. The van der Waals surface area contributed by atoms with Crippen molar-refractivity contribution in [1.82, 2.24) is 4.90 Å². The van der Waals surface area contributed by atoms with Gasteiger partial charge in [0.2, 0.25) is 0 Å². The highest BCUT2D eigenvalue weighted by molar-refractivity contribution is 7.86. The van der Waals surface area contributed by atoms with Gasteiger partial charge in [0.15, 0.2) is 0 Å². The van der Waals surface area contributed by atoms with Crippen molar-refractivity contribution in [2.75, 3.05) is 19.3 Å². The molecule has 1 N–H and O–H groups in total. The summed E-state index contributed by atoms with van der Waals surface area (Å²) in [6.45, 7) is 1.09. The molecule has 1 saturated heterocycles. The minimum Gasteiger partial charge on any atom is -0.465 e. The quantitative estimate of drug-likeness (QED) is 0.748. The number of piperidine rings is 1. The van der Waals surface area contributed by atoms with Crippen LogP contribution in [0.25, 0.3) is 0 Å². The molecule has 2 aliphatic rings. The van der Waals surface area contributed by atoms with Crippen LogP contribution >= 0.6 is 0 Å². The standard InChI is InChI=1S/C10H17NO5S/c1-17(14,15)16-8-6-10(7-8)2-4-11(5-3-10)9(12)13/h8H,2-7H2,1H3,(H,12,13). The van der Waals surface area contributed by atoms with E-state index in [4.69, 9.17) is 9.29 Å². The highest BCUT2D eigenvalue weighted by Gasteiger charge is 2.48. The van der Waals surface area contributed by atoms with E-state index in [0.717, 1.165) is 31.9 Å². The number of carboxylic acid groups (broad SMARTS) is 1. The Morgan fingerprint density at radius 2 is 1.88 bits per heavy atom. The molecule has 0 aromatic carbocycles. The summed E-state index contributed by atoms with van der Waals surface area (Å²) in [6, 6.07) is 0. The Morgan fingerprint density at radius 1 is 1.35 bits per heavy atom. The maximum absolute atomic E-state index is 10.9. The van der Waals surface area contributed by atoms with Gasteiger partial charge in [-0.15, -0.1) is 0 Å². The van der Waals surface area contributed by atoms with Gasteiger partial charge in [-0.1, -0.05) is 0 Å². The lowest BCUT2D eigenvalue weighted by Gasteiger charge is -2.50. The molecule has 0 atom stereocenters. The number of hydrogen-bond donors (Lipinski definition) is 1. The molecule has 17 heavy (non-hydrogen) atoms. The second-order valence-electron chi connectivity index (χ2n) is 5.10. The van der Waals surface area contributed by atoms with E-state index in [0.29, 0.717) is 13.1 Å². The molecule has 0 aromatic heterocycles. The van der Waals surface area contributed by atoms with Gasteiger partial charge in [0, 0.05) is 13.1 Å². The van der Waals surface area contributed by atoms with Crippen LogP contribution in [0, 0.1) is 5.41 Å². The van der Waals surface area contributed by atoms with E-state index in [-0.39, 0.29) is 11.5 Å². The average Bonchev–Trinajstić information content (AvgIpc) is 2.13. The third-order valence-electron chi connectivity index (χ3n) is 3.73. The van der Waals surface area contributed by atoms with E-state index in [1.165, 1.54) is 4.90 Å². The van der Waals surface area contributed by atoms with Crippen molar-refractivity contribution in [2.24, 2.45) is 5.41 Å². The van der Waals surface area contributed by atoms with Crippen LogP contribution in [-0.4, -0.2) is 50.0 Å². The summed E-state index contributed by atoms with van der Waals surface area (Å²) in [5.41, 5.74) is 0.112. The highest BCUT2D eigenvalue weighted by atomic mass is 32.2. The monoisotopic (exact) mass is 263 g/mol. The predicted molar refractivity (Wildman–Crippen MR) is 60.2 cm³/mol. The van der Waals surface area contributed by atoms with Crippen molar-refractivity contribution in [3.8, 4) is 0 Å². The van der Waals surface area contributed by atoms with Gasteiger partial charge in [-0.05, 0) is 31.1 Å². The van der Waals surface area contributed by atoms with Crippen LogP contribution in [0.1, 0.15) is 25.7 Å². The summed E-state index contributed by atoms with van der Waals surface area (Å²) in [5, 5.41) is 8.83. The van der Waals surface area contributed by atoms with Crippen LogP contribution in [0.5, 0.6) is 0 Å². The average molecular weight is 263 g/mol. The Kier molecular flexibility index (Phi) is 3.07. The van der Waals surface area contributed by atoms with E-state index in [1.807, 2.05) is 0 Å². The molecule has 1 aliphatic heterocycles. The first-order chi connectivity index (χ1) is 7.80.